The molecule has 1 aromatic carbocycles. The summed E-state index contributed by atoms with van der Waals surface area (Å²) in [6, 6.07) is 5.96. The first-order valence-electron chi connectivity index (χ1n) is 24.5. The molecule has 0 radical (unpaired) electrons. The number of hydrogen-bond donors (Lipinski definition) is 13. The monoisotopic (exact) mass is 1040 g/mol. The number of carboxylic acid groups (broad SMARTS) is 2. The molecule has 1 aromatic rings. The minimum Gasteiger partial charge on any atom is -0.547 e. The number of carbonyl (C=O) groups is 3. The van der Waals surface area contributed by atoms with Crippen molar-refractivity contribution in [3.8, 4) is 18.1 Å². The van der Waals surface area contributed by atoms with E-state index < -0.39 is 79.6 Å². The molecule has 388 valence electrons. The molecule has 0 amide bonds. The van der Waals surface area contributed by atoms with Crippen molar-refractivity contribution in [1.29, 1.82) is 0 Å². The van der Waals surface area contributed by atoms with Crippen LogP contribution in [-0.4, -0.2) is 158 Å². The zero-order valence-corrected chi connectivity index (χ0v) is 43.2. The maximum Gasteiger partial charge on any atom is 2.00 e. The summed E-state index contributed by atoms with van der Waals surface area (Å²) in [5.41, 5.74) is 3.47. The summed E-state index contributed by atoms with van der Waals surface area (Å²) >= 11 is 0. The van der Waals surface area contributed by atoms with E-state index >= 15 is 0 Å². The van der Waals surface area contributed by atoms with Crippen molar-refractivity contribution in [2.24, 2.45) is 46.3 Å². The van der Waals surface area contributed by atoms with Crippen LogP contribution in [0.1, 0.15) is 121 Å². The SMILES string of the molecule is C#C[C@]1(O)CC[C@H]2[C@@H]3CCC4=CC(=O)CC[C@@H]4[C@H]3CC[C@@]21CC.C[C@]12CC[C@@H]3c4ccc(O)cc4CC[C@H]3[C@@H]1CC[C@@H]2O.O=C([O-])[C@H](O)[C@@H](O)[C@H](O)[C@H](O)CO.O=C([O-])[C@H](O)[C@@H](O)[C@H](O)[C@H](O)CO.[Zn+2]. The van der Waals surface area contributed by atoms with E-state index in [-0.39, 0.29) is 36.4 Å². The number of aliphatic hydroxyl groups excluding tert-OH is 11. The Morgan fingerprint density at radius 3 is 1.86 bits per heavy atom. The molecule has 7 aliphatic carbocycles. The van der Waals surface area contributed by atoms with Crippen LogP contribution in [0.5, 0.6) is 5.75 Å². The number of allylic oxidation sites excluding steroid dienone is 1. The number of carbonyl (C=O) groups excluding carboxylic acids is 3. The van der Waals surface area contributed by atoms with Crippen LogP contribution in [0.15, 0.2) is 29.8 Å². The zero-order valence-electron chi connectivity index (χ0n) is 40.2. The number of aromatic hydroxyl groups is 1. The van der Waals surface area contributed by atoms with Crippen LogP contribution < -0.4 is 10.2 Å². The van der Waals surface area contributed by atoms with E-state index in [1.54, 1.807) is 0 Å². The van der Waals surface area contributed by atoms with Gasteiger partial charge in [-0.15, -0.1) is 6.42 Å². The van der Waals surface area contributed by atoms with Crippen LogP contribution in [0.4, 0.5) is 0 Å². The summed E-state index contributed by atoms with van der Waals surface area (Å²) in [6.45, 7) is 2.81. The molecule has 13 N–H and O–H groups in total. The first-order valence-corrected chi connectivity index (χ1v) is 24.5. The van der Waals surface area contributed by atoms with Gasteiger partial charge in [-0.2, -0.15) is 0 Å². The Labute approximate surface area is 421 Å². The van der Waals surface area contributed by atoms with Crippen LogP contribution in [0, 0.1) is 58.7 Å². The second-order valence-electron chi connectivity index (χ2n) is 20.8. The molecule has 0 bridgehead atoms. The van der Waals surface area contributed by atoms with Crippen molar-refractivity contribution in [2.45, 2.75) is 177 Å². The number of aliphatic carboxylic acids is 2. The van der Waals surface area contributed by atoms with Gasteiger partial charge < -0.3 is 86.2 Å². The Bertz CT molecular complexity index is 1970. The molecule has 7 aliphatic rings. The van der Waals surface area contributed by atoms with Gasteiger partial charge in [0.25, 0.3) is 0 Å². The molecule has 0 heterocycles. The number of benzene rings is 1. The average molecular weight is 1040 g/mol. The molecule has 5 saturated carbocycles. The number of hydrogen-bond acceptors (Lipinski definition) is 18. The maximum atomic E-state index is 11.8. The number of terminal acetylenes is 1. The summed E-state index contributed by atoms with van der Waals surface area (Å²) in [5, 5.41) is 138. The van der Waals surface area contributed by atoms with E-state index in [1.165, 1.54) is 48.8 Å². The number of phenols is 1. The smallest absolute Gasteiger partial charge is 0.547 e. The maximum absolute atomic E-state index is 11.8. The van der Waals surface area contributed by atoms with E-state index in [0.717, 1.165) is 70.1 Å². The minimum absolute atomic E-state index is 0. The largest absolute Gasteiger partial charge is 2.00 e. The summed E-state index contributed by atoms with van der Waals surface area (Å²) in [5.74, 6) is 4.27. The van der Waals surface area contributed by atoms with E-state index in [0.29, 0.717) is 47.0 Å². The van der Waals surface area contributed by atoms with Gasteiger partial charge in [0.15, 0.2) is 5.78 Å². The number of aryl methyl sites for hydroxylation is 1. The van der Waals surface area contributed by atoms with Gasteiger partial charge in [0.1, 0.15) is 60.2 Å². The van der Waals surface area contributed by atoms with Crippen LogP contribution >= 0.6 is 0 Å². The Morgan fingerprint density at radius 1 is 0.729 bits per heavy atom. The molecule has 0 saturated heterocycles. The second kappa shape index (κ2) is 24.9. The van der Waals surface area contributed by atoms with Crippen molar-refractivity contribution >= 4 is 17.7 Å². The average Bonchev–Trinajstić information content (AvgIpc) is 3.83. The number of phenolic OH excluding ortho intramolecular Hbond substituents is 1. The van der Waals surface area contributed by atoms with Crippen LogP contribution in [-0.2, 0) is 40.3 Å². The molecule has 19 atom stereocenters. The number of ketones is 1. The van der Waals surface area contributed by atoms with Gasteiger partial charge in [0.05, 0.1) is 31.3 Å². The normalized spacial score (nSPS) is 35.8. The van der Waals surface area contributed by atoms with Gasteiger partial charge in [-0.1, -0.05) is 31.4 Å². The molecule has 5 fully saturated rings. The third-order valence-corrected chi connectivity index (χ3v) is 17.7. The van der Waals surface area contributed by atoms with E-state index in [1.807, 2.05) is 18.2 Å². The van der Waals surface area contributed by atoms with E-state index in [4.69, 9.17) is 57.5 Å². The first kappa shape index (κ1) is 59.6. The molecule has 0 unspecified atom stereocenters. The van der Waals surface area contributed by atoms with Gasteiger partial charge in [-0.25, -0.2) is 0 Å². The summed E-state index contributed by atoms with van der Waals surface area (Å²) in [4.78, 5) is 31.7. The molecule has 19 heteroatoms. The van der Waals surface area contributed by atoms with Crippen molar-refractivity contribution < 1.29 is 110 Å². The predicted molar refractivity (Wildman–Crippen MR) is 241 cm³/mol. The van der Waals surface area contributed by atoms with Crippen LogP contribution in [0.2, 0.25) is 0 Å². The van der Waals surface area contributed by atoms with Crippen molar-refractivity contribution in [2.75, 3.05) is 13.2 Å². The fourth-order valence-electron chi connectivity index (χ4n) is 13.8. The third kappa shape index (κ3) is 12.0. The minimum atomic E-state index is -2.31. The number of fused-ring (bicyclic) bond motifs is 10. The van der Waals surface area contributed by atoms with Gasteiger partial charge in [0.2, 0.25) is 0 Å². The van der Waals surface area contributed by atoms with E-state index in [2.05, 4.69) is 25.8 Å². The second-order valence-corrected chi connectivity index (χ2v) is 20.8. The molecule has 18 nitrogen and oxygen atoms in total. The fourth-order valence-corrected chi connectivity index (χ4v) is 13.8. The topological polar surface area (TPSA) is 360 Å². The molecular weight excluding hydrogens is 966 g/mol. The fraction of sp³-hybridized carbons (Fsp3) is 0.745. The Morgan fingerprint density at radius 2 is 1.31 bits per heavy atom. The van der Waals surface area contributed by atoms with Gasteiger partial charge >= 0.3 is 19.5 Å². The van der Waals surface area contributed by atoms with Crippen molar-refractivity contribution in [3.05, 3.63) is 41.0 Å². The predicted octanol–water partition coefficient (Wildman–Crippen LogP) is -2.17. The molecule has 0 aliphatic heterocycles. The quantitative estimate of drug-likeness (QED) is 0.0829. The van der Waals surface area contributed by atoms with Crippen molar-refractivity contribution in [1.82, 2.24) is 0 Å². The Hall–Kier alpha value is -2.93. The Kier molecular flexibility index (Phi) is 21.2. The van der Waals surface area contributed by atoms with Gasteiger partial charge in [-0.05, 0) is 166 Å². The first-order chi connectivity index (χ1) is 32.5. The van der Waals surface area contributed by atoms with E-state index in [9.17, 15) is 39.9 Å². The van der Waals surface area contributed by atoms with Gasteiger partial charge in [-0.3, -0.25) is 4.79 Å². The van der Waals surface area contributed by atoms with Crippen molar-refractivity contribution in [3.63, 3.8) is 0 Å². The Balaban J connectivity index is 0.000000209. The zero-order chi connectivity index (χ0) is 51.3. The molecule has 8 rings (SSSR count). The molecule has 70 heavy (non-hydrogen) atoms. The summed E-state index contributed by atoms with van der Waals surface area (Å²) in [7, 11) is 0. The van der Waals surface area contributed by atoms with Crippen LogP contribution in [0.25, 0.3) is 0 Å². The summed E-state index contributed by atoms with van der Waals surface area (Å²) in [6.07, 6.45) is 7.51. The van der Waals surface area contributed by atoms with Gasteiger partial charge in [0, 0.05) is 11.8 Å². The number of aliphatic hydroxyl groups is 12. The standard InChI is InChI=1S/C21H28O2.C18H24O2.2C6H12O7.Zn/c1-3-20-11-9-17-16-8-6-15(22)13-14(16)5-7-18(17)19(20)10-12-21(20,23)4-2;1-18-9-8-14-13-5-3-12(19)10-11(13)2-4-15(14)16(18)6-7-17(18)20;2*7-1-2(8)3(9)4(10)5(11)6(12)13;/h2,13,16-19,23H,3,5-12H2,1H3;3,5,10,14-17,19-20H,2,4,6-9H2,1H3;2*2-5,7-11H,1H2,(H,12,13);/q;;;;+2/p-2/t16-,17+,18+,19-,20-,21-;14-,15-,16+,17+,18+;2*2-,3-,4+,5-;/m0111./s1. The molecule has 0 aromatic heterocycles. The summed E-state index contributed by atoms with van der Waals surface area (Å²) < 4.78 is 0. The molecular formula is C51H74O18Zn. The number of carboxylic acids is 2. The molecule has 0 spiro atoms. The van der Waals surface area contributed by atoms with Crippen LogP contribution in [0.3, 0.4) is 0 Å². The number of rotatable bonds is 11. The third-order valence-electron chi connectivity index (χ3n) is 17.7.